The van der Waals surface area contributed by atoms with Gasteiger partial charge in [-0.05, 0) is 6.07 Å². The summed E-state index contributed by atoms with van der Waals surface area (Å²) < 4.78 is 11.8. The van der Waals surface area contributed by atoms with E-state index in [0.717, 1.165) is 6.29 Å². The summed E-state index contributed by atoms with van der Waals surface area (Å²) in [6.45, 7) is 0.350. The minimum atomic E-state index is 0.323. The van der Waals surface area contributed by atoms with Gasteiger partial charge in [-0.1, -0.05) is 0 Å². The molecule has 110 valence electrons. The summed E-state index contributed by atoms with van der Waals surface area (Å²) in [7, 11) is 5.11. The van der Waals surface area contributed by atoms with E-state index in [9.17, 15) is 9.59 Å². The molecule has 0 bridgehead atoms. The fourth-order valence-corrected chi connectivity index (χ4v) is 1.89. The third-order valence-corrected chi connectivity index (χ3v) is 2.89. The Morgan fingerprint density at radius 2 is 2.05 bits per heavy atom. The predicted molar refractivity (Wildman–Crippen MR) is 76.5 cm³/mol. The second kappa shape index (κ2) is 6.08. The summed E-state index contributed by atoms with van der Waals surface area (Å²) in [4.78, 5) is 23.2. The Hall–Kier alpha value is -2.83. The second-order valence-electron chi connectivity index (χ2n) is 4.44. The van der Waals surface area contributed by atoms with Crippen LogP contribution in [0.4, 0.5) is 5.69 Å². The largest absolute Gasteiger partial charge is 0.493 e. The molecule has 1 heterocycles. The predicted octanol–water partition coefficient (Wildman–Crippen LogP) is 1.29. The summed E-state index contributed by atoms with van der Waals surface area (Å²) >= 11 is 0. The van der Waals surface area contributed by atoms with Crippen LogP contribution in [0.25, 0.3) is 5.69 Å². The Balaban J connectivity index is 2.60. The Morgan fingerprint density at radius 1 is 1.29 bits per heavy atom. The van der Waals surface area contributed by atoms with E-state index in [1.165, 1.54) is 13.3 Å². The molecule has 0 saturated carbocycles. The van der Waals surface area contributed by atoms with Crippen LogP contribution in [-0.2, 0) is 4.79 Å². The molecule has 0 fully saturated rings. The molecule has 21 heavy (non-hydrogen) atoms. The lowest BCUT2D eigenvalue weighted by Crippen LogP contribution is -2.12. The number of aldehydes is 1. The summed E-state index contributed by atoms with van der Waals surface area (Å²) in [5.41, 5.74) is 1.80. The van der Waals surface area contributed by atoms with Crippen LogP contribution in [0.3, 0.4) is 0 Å². The number of hydrogen-bond acceptors (Lipinski definition) is 6. The van der Waals surface area contributed by atoms with Crippen molar-refractivity contribution in [1.29, 1.82) is 0 Å². The van der Waals surface area contributed by atoms with E-state index in [1.54, 1.807) is 27.9 Å². The zero-order valence-corrected chi connectivity index (χ0v) is 11.9. The van der Waals surface area contributed by atoms with Crippen molar-refractivity contribution in [3.8, 4) is 17.2 Å². The van der Waals surface area contributed by atoms with E-state index < -0.39 is 0 Å². The van der Waals surface area contributed by atoms with E-state index in [-0.39, 0.29) is 0 Å². The van der Waals surface area contributed by atoms with Crippen LogP contribution >= 0.6 is 0 Å². The molecule has 7 nitrogen and oxygen atoms in total. The quantitative estimate of drug-likeness (QED) is 0.746. The molecule has 0 saturated heterocycles. The molecule has 0 atom stereocenters. The van der Waals surface area contributed by atoms with Crippen molar-refractivity contribution >= 4 is 18.4 Å². The van der Waals surface area contributed by atoms with Gasteiger partial charge in [0.15, 0.2) is 17.8 Å². The zero-order chi connectivity index (χ0) is 15.4. The Kier molecular flexibility index (Phi) is 4.22. The van der Waals surface area contributed by atoms with Gasteiger partial charge >= 0.3 is 0 Å². The smallest absolute Gasteiger partial charge is 0.298 e. The van der Waals surface area contributed by atoms with Gasteiger partial charge in [-0.25, -0.2) is 4.68 Å². The Labute approximate surface area is 121 Å². The fraction of sp³-hybridized carbons (Fsp3) is 0.214. The lowest BCUT2D eigenvalue weighted by Gasteiger charge is -2.19. The molecule has 0 radical (unpaired) electrons. The van der Waals surface area contributed by atoms with Crippen LogP contribution in [0.2, 0.25) is 0 Å². The summed E-state index contributed by atoms with van der Waals surface area (Å²) in [5, 5.41) is 4.11. The summed E-state index contributed by atoms with van der Waals surface area (Å²) in [6.07, 6.45) is 3.78. The molecule has 0 aliphatic heterocycles. The number of ether oxygens (including phenoxy) is 2. The van der Waals surface area contributed by atoms with Crippen LogP contribution in [0.15, 0.2) is 24.5 Å². The van der Waals surface area contributed by atoms with Gasteiger partial charge in [0.05, 0.1) is 30.2 Å². The summed E-state index contributed by atoms with van der Waals surface area (Å²) in [6, 6.07) is 3.45. The molecule has 0 aliphatic carbocycles. The highest BCUT2D eigenvalue weighted by Gasteiger charge is 2.16. The zero-order valence-electron chi connectivity index (χ0n) is 11.9. The molecular weight excluding hydrogens is 274 g/mol. The monoisotopic (exact) mass is 289 g/mol. The first kappa shape index (κ1) is 14.6. The van der Waals surface area contributed by atoms with Crippen LogP contribution in [0.5, 0.6) is 11.5 Å². The van der Waals surface area contributed by atoms with Crippen LogP contribution in [-0.4, -0.2) is 43.7 Å². The molecule has 0 spiro atoms. The third-order valence-electron chi connectivity index (χ3n) is 2.89. The Bertz CT molecular complexity index is 664. The average molecular weight is 289 g/mol. The molecule has 7 heteroatoms. The van der Waals surface area contributed by atoms with Crippen molar-refractivity contribution in [3.05, 3.63) is 30.1 Å². The van der Waals surface area contributed by atoms with Gasteiger partial charge in [-0.3, -0.25) is 9.59 Å². The lowest BCUT2D eigenvalue weighted by atomic mass is 10.2. The minimum absolute atomic E-state index is 0.323. The molecule has 2 rings (SSSR count). The van der Waals surface area contributed by atoms with Crippen LogP contribution in [0, 0.1) is 0 Å². The maximum absolute atomic E-state index is 10.7. The van der Waals surface area contributed by atoms with Gasteiger partial charge in [-0.2, -0.15) is 5.10 Å². The van der Waals surface area contributed by atoms with Crippen molar-refractivity contribution in [2.75, 3.05) is 26.1 Å². The molecule has 1 aromatic carbocycles. The van der Waals surface area contributed by atoms with E-state index in [0.29, 0.717) is 34.9 Å². The standard InChI is InChI=1S/C14H15N3O4/c1-16(2)12-4-11(17-7-10(8-18)6-15-17)5-13(20-3)14(12)21-9-19/h4-9H,1-3H3. The maximum Gasteiger partial charge on any atom is 0.298 e. The van der Waals surface area contributed by atoms with Crippen LogP contribution in [0.1, 0.15) is 10.4 Å². The molecule has 0 aliphatic rings. The van der Waals surface area contributed by atoms with E-state index in [4.69, 9.17) is 9.47 Å². The fourth-order valence-electron chi connectivity index (χ4n) is 1.89. The van der Waals surface area contributed by atoms with Gasteiger partial charge in [0.25, 0.3) is 6.47 Å². The molecule has 1 aromatic heterocycles. The van der Waals surface area contributed by atoms with Crippen LogP contribution < -0.4 is 14.4 Å². The highest BCUT2D eigenvalue weighted by Crippen LogP contribution is 2.39. The number of aromatic nitrogens is 2. The first-order chi connectivity index (χ1) is 10.1. The number of nitrogens with zero attached hydrogens (tertiary/aromatic N) is 3. The van der Waals surface area contributed by atoms with E-state index in [1.807, 2.05) is 14.1 Å². The van der Waals surface area contributed by atoms with Gasteiger partial charge in [0, 0.05) is 26.4 Å². The SMILES string of the molecule is COc1cc(-n2cc(C=O)cn2)cc(N(C)C)c1OC=O. The molecule has 0 unspecified atom stereocenters. The van der Waals surface area contributed by atoms with Crippen molar-refractivity contribution in [3.63, 3.8) is 0 Å². The average Bonchev–Trinajstić information content (AvgIpc) is 2.96. The van der Waals surface area contributed by atoms with Crippen molar-refractivity contribution in [1.82, 2.24) is 9.78 Å². The molecule has 0 N–H and O–H groups in total. The highest BCUT2D eigenvalue weighted by atomic mass is 16.5. The van der Waals surface area contributed by atoms with Crippen molar-refractivity contribution in [2.45, 2.75) is 0 Å². The normalized spacial score (nSPS) is 10.0. The first-order valence-electron chi connectivity index (χ1n) is 6.10. The maximum atomic E-state index is 10.7. The van der Waals surface area contributed by atoms with E-state index >= 15 is 0 Å². The topological polar surface area (TPSA) is 73.7 Å². The first-order valence-corrected chi connectivity index (χ1v) is 6.10. The molecule has 0 amide bonds. The number of benzene rings is 1. The summed E-state index contributed by atoms with van der Waals surface area (Å²) in [5.74, 6) is 0.718. The van der Waals surface area contributed by atoms with Gasteiger partial charge < -0.3 is 14.4 Å². The van der Waals surface area contributed by atoms with Gasteiger partial charge in [-0.15, -0.1) is 0 Å². The number of carbonyl (C=O) groups is 2. The number of methoxy groups -OCH3 is 1. The molecular formula is C14H15N3O4. The highest BCUT2D eigenvalue weighted by molar-refractivity contribution is 5.74. The number of anilines is 1. The van der Waals surface area contributed by atoms with E-state index in [2.05, 4.69) is 5.10 Å². The Morgan fingerprint density at radius 3 is 2.57 bits per heavy atom. The second-order valence-corrected chi connectivity index (χ2v) is 4.44. The lowest BCUT2D eigenvalue weighted by molar-refractivity contribution is -0.120. The number of carbonyl (C=O) groups excluding carboxylic acids is 2. The number of rotatable bonds is 6. The third kappa shape index (κ3) is 2.86. The number of hydrogen-bond donors (Lipinski definition) is 0. The van der Waals surface area contributed by atoms with Gasteiger partial charge in [0.2, 0.25) is 0 Å². The van der Waals surface area contributed by atoms with Crippen molar-refractivity contribution < 1.29 is 19.1 Å². The van der Waals surface area contributed by atoms with Gasteiger partial charge in [0.1, 0.15) is 0 Å². The minimum Gasteiger partial charge on any atom is -0.493 e. The van der Waals surface area contributed by atoms with Crippen molar-refractivity contribution in [2.24, 2.45) is 0 Å². The molecule has 2 aromatic rings.